The maximum absolute atomic E-state index is 6.93. The first-order valence-corrected chi connectivity index (χ1v) is 19.6. The minimum absolute atomic E-state index is 0.536. The van der Waals surface area contributed by atoms with Crippen LogP contribution < -0.4 is 4.90 Å². The van der Waals surface area contributed by atoms with Crippen molar-refractivity contribution in [2.45, 2.75) is 5.41 Å². The molecule has 2 nitrogen and oxygen atoms in total. The summed E-state index contributed by atoms with van der Waals surface area (Å²) >= 11 is 0. The van der Waals surface area contributed by atoms with Crippen molar-refractivity contribution in [1.82, 2.24) is 0 Å². The molecule has 268 valence electrons. The lowest BCUT2D eigenvalue weighted by molar-refractivity contribution is 0.667. The van der Waals surface area contributed by atoms with Crippen LogP contribution >= 0.6 is 0 Å². The fraction of sp³-hybridized carbons (Fsp3) is 0.0182. The van der Waals surface area contributed by atoms with E-state index in [1.807, 2.05) is 0 Å². The zero-order chi connectivity index (χ0) is 37.8. The Kier molecular flexibility index (Phi) is 7.75. The molecule has 11 rings (SSSR count). The summed E-state index contributed by atoms with van der Waals surface area (Å²) in [6, 6.07) is 81.0. The molecule has 0 fully saturated rings. The summed E-state index contributed by atoms with van der Waals surface area (Å²) in [5, 5.41) is 2.23. The SMILES string of the molecule is c1ccc(-c2cccc(N(c3cccc(-c4ccccc4)c3)c3ccc4c(c3)oc3cccc(C5(c6ccccc6)c6ccccc6-c6ccccc65)c34)c2)cc1. The number of furan rings is 1. The second kappa shape index (κ2) is 13.4. The van der Waals surface area contributed by atoms with E-state index in [1.165, 1.54) is 44.5 Å². The highest BCUT2D eigenvalue weighted by Gasteiger charge is 2.47. The average molecular weight is 728 g/mol. The Bertz CT molecular complexity index is 2940. The molecule has 10 aromatic rings. The van der Waals surface area contributed by atoms with Gasteiger partial charge in [0.05, 0.1) is 5.41 Å². The molecule has 0 amide bonds. The lowest BCUT2D eigenvalue weighted by atomic mass is 9.66. The standard InChI is InChI=1S/C55H37NO/c1-4-17-38(18-5-1)40-21-14-25-43(35-40)56(44-26-15-22-41(36-44)39-19-6-2-7-20-39)45-33-34-48-53(37-45)57-52-32-16-31-51(54(48)52)55(42-23-8-3-9-24-42)49-29-12-10-27-46(49)47-28-11-13-30-50(47)55/h1-37H. The van der Waals surface area contributed by atoms with Gasteiger partial charge in [-0.2, -0.15) is 0 Å². The van der Waals surface area contributed by atoms with Gasteiger partial charge in [-0.15, -0.1) is 0 Å². The molecule has 1 aliphatic carbocycles. The molecule has 1 aliphatic rings. The molecule has 0 aliphatic heterocycles. The minimum atomic E-state index is -0.536. The lowest BCUT2D eigenvalue weighted by Crippen LogP contribution is -2.28. The number of nitrogens with zero attached hydrogens (tertiary/aromatic N) is 1. The summed E-state index contributed by atoms with van der Waals surface area (Å²) in [6.45, 7) is 0. The fourth-order valence-corrected chi connectivity index (χ4v) is 9.30. The van der Waals surface area contributed by atoms with Crippen molar-refractivity contribution in [3.8, 4) is 33.4 Å². The topological polar surface area (TPSA) is 16.4 Å². The van der Waals surface area contributed by atoms with Gasteiger partial charge in [-0.3, -0.25) is 0 Å². The van der Waals surface area contributed by atoms with Crippen molar-refractivity contribution >= 4 is 39.0 Å². The predicted octanol–water partition coefficient (Wildman–Crippen LogP) is 14.8. The third-order valence-corrected chi connectivity index (χ3v) is 11.7. The third-order valence-electron chi connectivity index (χ3n) is 11.7. The van der Waals surface area contributed by atoms with Crippen LogP contribution in [-0.2, 0) is 5.41 Å². The highest BCUT2D eigenvalue weighted by molar-refractivity contribution is 6.10. The van der Waals surface area contributed by atoms with Crippen LogP contribution in [-0.4, -0.2) is 0 Å². The summed E-state index contributed by atoms with van der Waals surface area (Å²) in [6.07, 6.45) is 0. The van der Waals surface area contributed by atoms with Crippen molar-refractivity contribution in [2.75, 3.05) is 4.90 Å². The fourth-order valence-electron chi connectivity index (χ4n) is 9.30. The van der Waals surface area contributed by atoms with Crippen LogP contribution in [0.15, 0.2) is 229 Å². The first-order chi connectivity index (χ1) is 28.3. The van der Waals surface area contributed by atoms with Gasteiger partial charge in [-0.1, -0.05) is 176 Å². The highest BCUT2D eigenvalue weighted by atomic mass is 16.3. The summed E-state index contributed by atoms with van der Waals surface area (Å²) in [4.78, 5) is 2.35. The first-order valence-electron chi connectivity index (χ1n) is 19.6. The molecule has 2 heteroatoms. The minimum Gasteiger partial charge on any atom is -0.456 e. The predicted molar refractivity (Wildman–Crippen MR) is 237 cm³/mol. The van der Waals surface area contributed by atoms with E-state index >= 15 is 0 Å². The maximum Gasteiger partial charge on any atom is 0.137 e. The van der Waals surface area contributed by atoms with Gasteiger partial charge >= 0.3 is 0 Å². The van der Waals surface area contributed by atoms with Crippen LogP contribution in [0.2, 0.25) is 0 Å². The lowest BCUT2D eigenvalue weighted by Gasteiger charge is -2.34. The molecule has 57 heavy (non-hydrogen) atoms. The molecule has 0 radical (unpaired) electrons. The van der Waals surface area contributed by atoms with Gasteiger partial charge in [0.25, 0.3) is 0 Å². The third kappa shape index (κ3) is 5.26. The van der Waals surface area contributed by atoms with Gasteiger partial charge < -0.3 is 9.32 Å². The zero-order valence-corrected chi connectivity index (χ0v) is 31.2. The van der Waals surface area contributed by atoms with Gasteiger partial charge in [0.1, 0.15) is 11.2 Å². The van der Waals surface area contributed by atoms with E-state index in [2.05, 4.69) is 229 Å². The van der Waals surface area contributed by atoms with Gasteiger partial charge in [0, 0.05) is 33.9 Å². The smallest absolute Gasteiger partial charge is 0.137 e. The highest BCUT2D eigenvalue weighted by Crippen LogP contribution is 2.58. The molecule has 9 aromatic carbocycles. The van der Waals surface area contributed by atoms with E-state index in [1.54, 1.807) is 0 Å². The van der Waals surface area contributed by atoms with Crippen molar-refractivity contribution in [1.29, 1.82) is 0 Å². The number of hydrogen-bond donors (Lipinski definition) is 0. The number of hydrogen-bond acceptors (Lipinski definition) is 2. The summed E-state index contributed by atoms with van der Waals surface area (Å²) in [7, 11) is 0. The molecule has 1 aromatic heterocycles. The number of anilines is 3. The molecule has 0 spiro atoms. The van der Waals surface area contributed by atoms with E-state index in [9.17, 15) is 0 Å². The maximum atomic E-state index is 6.93. The van der Waals surface area contributed by atoms with Crippen molar-refractivity contribution in [2.24, 2.45) is 0 Å². The van der Waals surface area contributed by atoms with E-state index in [4.69, 9.17) is 4.42 Å². The molecule has 0 saturated heterocycles. The van der Waals surface area contributed by atoms with Crippen molar-refractivity contribution in [3.63, 3.8) is 0 Å². The Morgan fingerprint density at radius 1 is 0.333 bits per heavy atom. The molecule has 0 unspecified atom stereocenters. The Morgan fingerprint density at radius 2 is 0.807 bits per heavy atom. The molecule has 1 heterocycles. The molecule has 0 saturated carbocycles. The Morgan fingerprint density at radius 3 is 1.40 bits per heavy atom. The summed E-state index contributed by atoms with van der Waals surface area (Å²) in [5.41, 5.74) is 16.6. The van der Waals surface area contributed by atoms with Crippen LogP contribution in [0.25, 0.3) is 55.3 Å². The number of benzene rings is 9. The molecule has 0 atom stereocenters. The van der Waals surface area contributed by atoms with Crippen LogP contribution in [0, 0.1) is 0 Å². The van der Waals surface area contributed by atoms with E-state index < -0.39 is 5.41 Å². The molecule has 0 N–H and O–H groups in total. The number of fused-ring (bicyclic) bond motifs is 6. The van der Waals surface area contributed by atoms with Crippen LogP contribution in [0.4, 0.5) is 17.1 Å². The quantitative estimate of drug-likeness (QED) is 0.163. The Hall–Kier alpha value is -7.42. The van der Waals surface area contributed by atoms with Crippen LogP contribution in [0.5, 0.6) is 0 Å². The second-order valence-corrected chi connectivity index (χ2v) is 14.8. The molecule has 0 bridgehead atoms. The summed E-state index contributed by atoms with van der Waals surface area (Å²) in [5.74, 6) is 0. The van der Waals surface area contributed by atoms with Crippen LogP contribution in [0.3, 0.4) is 0 Å². The van der Waals surface area contributed by atoms with Gasteiger partial charge in [0.15, 0.2) is 0 Å². The normalized spacial score (nSPS) is 12.7. The Balaban J connectivity index is 1.14. The summed E-state index contributed by atoms with van der Waals surface area (Å²) < 4.78 is 6.93. The molecular weight excluding hydrogens is 691 g/mol. The zero-order valence-electron chi connectivity index (χ0n) is 31.2. The van der Waals surface area contributed by atoms with Gasteiger partial charge in [-0.25, -0.2) is 0 Å². The average Bonchev–Trinajstić information content (AvgIpc) is 3.81. The van der Waals surface area contributed by atoms with E-state index in [-0.39, 0.29) is 0 Å². The second-order valence-electron chi connectivity index (χ2n) is 14.8. The first kappa shape index (κ1) is 33.0. The van der Waals surface area contributed by atoms with Crippen LogP contribution in [0.1, 0.15) is 22.3 Å². The van der Waals surface area contributed by atoms with E-state index in [0.717, 1.165) is 50.1 Å². The largest absolute Gasteiger partial charge is 0.456 e. The van der Waals surface area contributed by atoms with Gasteiger partial charge in [0.2, 0.25) is 0 Å². The van der Waals surface area contributed by atoms with Gasteiger partial charge in [-0.05, 0) is 98.1 Å². The Labute approximate surface area is 332 Å². The van der Waals surface area contributed by atoms with E-state index in [0.29, 0.717) is 0 Å². The number of rotatable bonds is 7. The monoisotopic (exact) mass is 727 g/mol. The molecular formula is C55H37NO. The van der Waals surface area contributed by atoms with Crippen molar-refractivity contribution in [3.05, 3.63) is 247 Å². The van der Waals surface area contributed by atoms with Crippen molar-refractivity contribution < 1.29 is 4.42 Å².